The van der Waals surface area contributed by atoms with Gasteiger partial charge < -0.3 is 29.8 Å². The second-order valence-electron chi connectivity index (χ2n) is 11.2. The first-order valence-corrected chi connectivity index (χ1v) is 13.7. The van der Waals surface area contributed by atoms with Crippen LogP contribution in [0.1, 0.15) is 23.2 Å². The predicted molar refractivity (Wildman–Crippen MR) is 159 cm³/mol. The van der Waals surface area contributed by atoms with Gasteiger partial charge in [-0.3, -0.25) is 4.79 Å². The second kappa shape index (κ2) is 10.4. The molecule has 1 aromatic carbocycles. The van der Waals surface area contributed by atoms with Crippen molar-refractivity contribution in [2.75, 3.05) is 51.0 Å². The van der Waals surface area contributed by atoms with E-state index in [0.29, 0.717) is 63.7 Å². The molecule has 4 aromatic heterocycles. The fourth-order valence-electron chi connectivity index (χ4n) is 6.20. The number of nitrogens with zero attached hydrogens (tertiary/aromatic N) is 5. The Kier molecular flexibility index (Phi) is 6.80. The minimum absolute atomic E-state index is 0.0898. The maximum atomic E-state index is 15.6. The van der Waals surface area contributed by atoms with Gasteiger partial charge in [-0.05, 0) is 38.9 Å². The third-order valence-electron chi connectivity index (χ3n) is 8.14. The maximum absolute atomic E-state index is 15.6. The van der Waals surface area contributed by atoms with Gasteiger partial charge in [0.2, 0.25) is 5.43 Å². The van der Waals surface area contributed by atoms with Crippen molar-refractivity contribution in [1.29, 1.82) is 0 Å². The number of carboxylic acids is 1. The van der Waals surface area contributed by atoms with Crippen LogP contribution in [0.25, 0.3) is 44.1 Å². The normalized spacial score (nSPS) is 14.5. The molecule has 0 unspecified atom stereocenters. The Morgan fingerprint density at radius 1 is 1.17 bits per heavy atom. The number of halogens is 2. The number of piperidine rings is 1. The maximum Gasteiger partial charge on any atom is 0.341 e. The number of aromatic amines is 1. The number of H-pyrrole nitrogens is 1. The highest BCUT2D eigenvalue weighted by atomic mass is 19.2. The molecule has 1 saturated heterocycles. The summed E-state index contributed by atoms with van der Waals surface area (Å²) in [5, 5.41) is 13.2. The first-order valence-electron chi connectivity index (χ1n) is 13.7. The Morgan fingerprint density at radius 2 is 1.90 bits per heavy atom. The van der Waals surface area contributed by atoms with Crippen molar-refractivity contribution in [3.63, 3.8) is 0 Å². The molecule has 42 heavy (non-hydrogen) atoms. The van der Waals surface area contributed by atoms with E-state index in [-0.39, 0.29) is 16.3 Å². The quantitative estimate of drug-likeness (QED) is 0.272. The summed E-state index contributed by atoms with van der Waals surface area (Å²) in [6, 6.07) is 2.72. The van der Waals surface area contributed by atoms with Crippen LogP contribution >= 0.6 is 0 Å². The second-order valence-corrected chi connectivity index (χ2v) is 11.2. The summed E-state index contributed by atoms with van der Waals surface area (Å²) in [7, 11) is 7.36. The first kappa shape index (κ1) is 27.6. The monoisotopic (exact) mass is 575 g/mol. The number of hydrogen-bond donors (Lipinski definition) is 3. The number of carbonyl (C=O) groups is 1. The fraction of sp³-hybridized carbons (Fsp3) is 0.333. The van der Waals surface area contributed by atoms with Crippen LogP contribution < -0.4 is 15.6 Å². The van der Waals surface area contributed by atoms with E-state index in [2.05, 4.69) is 30.1 Å². The molecule has 0 atom stereocenters. The average molecular weight is 576 g/mol. The van der Waals surface area contributed by atoms with Crippen LogP contribution in [0.15, 0.2) is 35.5 Å². The Hall–Kier alpha value is -4.58. The predicted octanol–water partition coefficient (Wildman–Crippen LogP) is 4.43. The zero-order valence-electron chi connectivity index (χ0n) is 23.8. The summed E-state index contributed by atoms with van der Waals surface area (Å²) in [5.74, 6) is -2.80. The van der Waals surface area contributed by atoms with Gasteiger partial charge in [0.05, 0.1) is 33.1 Å². The number of fused-ring (bicyclic) bond motifs is 4. The molecule has 1 aliphatic rings. The van der Waals surface area contributed by atoms with E-state index in [1.54, 1.807) is 32.6 Å². The molecule has 5 aromatic rings. The lowest BCUT2D eigenvalue weighted by molar-refractivity contribution is 0.0695. The van der Waals surface area contributed by atoms with E-state index in [0.717, 1.165) is 25.5 Å². The SMILES string of the molecule is CNc1cc(F)c(F)c2c1[nH]c1ncc(-c3cnc4c(c3)c(=O)c(C(=O)O)cn4C)c(N3CCC(CN(C)C)CC3)c12. The van der Waals surface area contributed by atoms with Gasteiger partial charge in [-0.15, -0.1) is 0 Å². The van der Waals surface area contributed by atoms with E-state index in [9.17, 15) is 19.1 Å². The molecule has 10 nitrogen and oxygen atoms in total. The van der Waals surface area contributed by atoms with Crippen molar-refractivity contribution < 1.29 is 18.7 Å². The lowest BCUT2D eigenvalue weighted by atomic mass is 9.94. The average Bonchev–Trinajstić information content (AvgIpc) is 3.36. The standard InChI is InChI=1S/C30H31F2N7O3/c1-33-21-10-20(31)24(32)22-23-26(39-7-5-15(6-8-39)13-37(2)3)18(12-34-28(23)36-25(21)22)16-9-17-27(40)19(30(41)42)14-38(4)29(17)35-11-16/h9-12,14-15,33H,5-8,13H2,1-4H3,(H,34,36)(H,41,42). The number of benzene rings is 1. The molecule has 0 saturated carbocycles. The lowest BCUT2D eigenvalue weighted by Gasteiger charge is -2.36. The number of pyridine rings is 3. The number of anilines is 2. The third-order valence-corrected chi connectivity index (χ3v) is 8.14. The largest absolute Gasteiger partial charge is 0.477 e. The number of aryl methyl sites for hydroxylation is 1. The summed E-state index contributed by atoms with van der Waals surface area (Å²) in [4.78, 5) is 41.5. The summed E-state index contributed by atoms with van der Waals surface area (Å²) < 4.78 is 32.0. The molecule has 0 spiro atoms. The van der Waals surface area contributed by atoms with Gasteiger partial charge in [-0.25, -0.2) is 23.5 Å². The zero-order chi connectivity index (χ0) is 29.9. The fourth-order valence-corrected chi connectivity index (χ4v) is 6.20. The molecule has 218 valence electrons. The molecule has 5 heterocycles. The minimum Gasteiger partial charge on any atom is -0.477 e. The van der Waals surface area contributed by atoms with Gasteiger partial charge in [0.15, 0.2) is 11.6 Å². The molecule has 12 heteroatoms. The highest BCUT2D eigenvalue weighted by Gasteiger charge is 2.28. The highest BCUT2D eigenvalue weighted by Crippen LogP contribution is 2.44. The number of nitrogens with one attached hydrogen (secondary N) is 2. The summed E-state index contributed by atoms with van der Waals surface area (Å²) in [5.41, 5.74) is 2.27. The molecule has 0 aliphatic carbocycles. The van der Waals surface area contributed by atoms with E-state index < -0.39 is 23.0 Å². The van der Waals surface area contributed by atoms with Crippen molar-refractivity contribution in [2.24, 2.45) is 13.0 Å². The molecule has 1 fully saturated rings. The molecule has 1 aliphatic heterocycles. The molecule has 0 amide bonds. The van der Waals surface area contributed by atoms with Gasteiger partial charge in [0.1, 0.15) is 16.9 Å². The smallest absolute Gasteiger partial charge is 0.341 e. The van der Waals surface area contributed by atoms with Gasteiger partial charge in [0.25, 0.3) is 0 Å². The van der Waals surface area contributed by atoms with Crippen LogP contribution in [0, 0.1) is 17.6 Å². The molecule has 6 rings (SSSR count). The van der Waals surface area contributed by atoms with Gasteiger partial charge >= 0.3 is 5.97 Å². The third kappa shape index (κ3) is 4.42. The van der Waals surface area contributed by atoms with Crippen molar-refractivity contribution in [3.05, 3.63) is 58.1 Å². The Labute approximate surface area is 239 Å². The van der Waals surface area contributed by atoms with Crippen LogP contribution in [0.3, 0.4) is 0 Å². The zero-order valence-corrected chi connectivity index (χ0v) is 23.8. The summed E-state index contributed by atoms with van der Waals surface area (Å²) in [6.45, 7) is 2.31. The molecule has 0 bridgehead atoms. The van der Waals surface area contributed by atoms with Gasteiger partial charge in [0, 0.05) is 69.5 Å². The van der Waals surface area contributed by atoms with E-state index in [4.69, 9.17) is 0 Å². The van der Waals surface area contributed by atoms with E-state index in [1.165, 1.54) is 10.8 Å². The molecule has 0 radical (unpaired) electrons. The van der Waals surface area contributed by atoms with Crippen LogP contribution in [-0.4, -0.2) is 76.3 Å². The van der Waals surface area contributed by atoms with Crippen molar-refractivity contribution >= 4 is 50.3 Å². The molecular weight excluding hydrogens is 544 g/mol. The molecule has 3 N–H and O–H groups in total. The Morgan fingerprint density at radius 3 is 2.57 bits per heavy atom. The van der Waals surface area contributed by atoms with Crippen LogP contribution in [0.4, 0.5) is 20.2 Å². The summed E-state index contributed by atoms with van der Waals surface area (Å²) >= 11 is 0. The van der Waals surface area contributed by atoms with Gasteiger partial charge in [-0.1, -0.05) is 0 Å². The number of hydrogen-bond acceptors (Lipinski definition) is 7. The van der Waals surface area contributed by atoms with Crippen LogP contribution in [0.5, 0.6) is 0 Å². The topological polar surface area (TPSA) is 119 Å². The first-order chi connectivity index (χ1) is 20.1. The van der Waals surface area contributed by atoms with Crippen molar-refractivity contribution in [2.45, 2.75) is 12.8 Å². The van der Waals surface area contributed by atoms with Crippen LogP contribution in [0.2, 0.25) is 0 Å². The van der Waals surface area contributed by atoms with Crippen molar-refractivity contribution in [3.8, 4) is 11.1 Å². The molecular formula is C30H31F2N7O3. The van der Waals surface area contributed by atoms with Crippen LogP contribution in [-0.2, 0) is 7.05 Å². The number of aromatic carboxylic acids is 1. The number of aromatic nitrogens is 4. The summed E-state index contributed by atoms with van der Waals surface area (Å²) in [6.07, 6.45) is 6.29. The Bertz CT molecular complexity index is 1940. The number of rotatable bonds is 6. The number of carboxylic acid groups (broad SMARTS) is 1. The van der Waals surface area contributed by atoms with E-state index >= 15 is 4.39 Å². The lowest BCUT2D eigenvalue weighted by Crippen LogP contribution is -2.37. The van der Waals surface area contributed by atoms with E-state index in [1.807, 2.05) is 14.1 Å². The highest BCUT2D eigenvalue weighted by molar-refractivity contribution is 6.18. The minimum atomic E-state index is -1.33. The van der Waals surface area contributed by atoms with Gasteiger partial charge in [-0.2, -0.15) is 0 Å². The Balaban J connectivity index is 1.63. The van der Waals surface area contributed by atoms with Crippen molar-refractivity contribution in [1.82, 2.24) is 24.4 Å².